The van der Waals surface area contributed by atoms with E-state index >= 15 is 0 Å². The molecule has 0 unspecified atom stereocenters. The normalized spacial score (nSPS) is 14.8. The van der Waals surface area contributed by atoms with Gasteiger partial charge in [-0.2, -0.15) is 15.0 Å². The van der Waals surface area contributed by atoms with Crippen molar-refractivity contribution in [2.24, 2.45) is 0 Å². The summed E-state index contributed by atoms with van der Waals surface area (Å²) in [7, 11) is -2.14. The highest BCUT2D eigenvalue weighted by Crippen LogP contribution is 2.18. The van der Waals surface area contributed by atoms with E-state index in [0.29, 0.717) is 11.8 Å². The lowest BCUT2D eigenvalue weighted by Crippen LogP contribution is -2.26. The molecule has 0 saturated carbocycles. The first-order valence-corrected chi connectivity index (χ1v) is 9.15. The zero-order chi connectivity index (χ0) is 17.0. The smallest absolute Gasteiger partial charge is 0.321 e. The maximum absolute atomic E-state index is 12.3. The fourth-order valence-corrected chi connectivity index (χ4v) is 3.46. The van der Waals surface area contributed by atoms with Crippen molar-refractivity contribution in [1.29, 1.82) is 0 Å². The largest absolute Gasteiger partial charge is 0.467 e. The van der Waals surface area contributed by atoms with E-state index in [9.17, 15) is 8.42 Å². The summed E-state index contributed by atoms with van der Waals surface area (Å²) in [5, 5.41) is 0. The Kier molecular flexibility index (Phi) is 4.91. The molecule has 1 aliphatic rings. The molecule has 0 radical (unpaired) electrons. The van der Waals surface area contributed by atoms with E-state index in [0.717, 1.165) is 25.9 Å². The van der Waals surface area contributed by atoms with E-state index in [1.54, 1.807) is 18.2 Å². The van der Waals surface area contributed by atoms with Crippen LogP contribution in [-0.2, 0) is 16.6 Å². The number of ether oxygens (including phenoxy) is 1. The average Bonchev–Trinajstić information content (AvgIpc) is 3.15. The lowest BCUT2D eigenvalue weighted by atomic mass is 10.4. The molecule has 24 heavy (non-hydrogen) atoms. The van der Waals surface area contributed by atoms with E-state index in [1.807, 2.05) is 4.90 Å². The van der Waals surface area contributed by atoms with Crippen molar-refractivity contribution in [3.05, 3.63) is 36.2 Å². The molecule has 0 aliphatic carbocycles. The van der Waals surface area contributed by atoms with Crippen molar-refractivity contribution in [2.45, 2.75) is 24.3 Å². The first-order chi connectivity index (χ1) is 11.6. The van der Waals surface area contributed by atoms with Gasteiger partial charge < -0.3 is 9.64 Å². The molecule has 2 aromatic rings. The minimum absolute atomic E-state index is 0.0308. The van der Waals surface area contributed by atoms with E-state index in [1.165, 1.54) is 19.2 Å². The lowest BCUT2D eigenvalue weighted by Gasteiger charge is -2.16. The van der Waals surface area contributed by atoms with Crippen LogP contribution >= 0.6 is 0 Å². The summed E-state index contributed by atoms with van der Waals surface area (Å²) in [4.78, 5) is 15.0. The molecule has 2 heterocycles. The van der Waals surface area contributed by atoms with Crippen molar-refractivity contribution in [2.75, 3.05) is 25.1 Å². The predicted molar refractivity (Wildman–Crippen MR) is 88.3 cm³/mol. The van der Waals surface area contributed by atoms with Crippen LogP contribution in [0.2, 0.25) is 0 Å². The summed E-state index contributed by atoms with van der Waals surface area (Å²) in [5.41, 5.74) is 0. The molecule has 0 spiro atoms. The Morgan fingerprint density at radius 2 is 1.83 bits per heavy atom. The Hall–Kier alpha value is -2.26. The monoisotopic (exact) mass is 349 g/mol. The Labute approximate surface area is 141 Å². The molecule has 0 bridgehead atoms. The van der Waals surface area contributed by atoms with Crippen LogP contribution in [0, 0.1) is 0 Å². The molecule has 1 fully saturated rings. The molecule has 8 nitrogen and oxygen atoms in total. The van der Waals surface area contributed by atoms with Crippen LogP contribution in [-0.4, -0.2) is 43.6 Å². The maximum Gasteiger partial charge on any atom is 0.321 e. The van der Waals surface area contributed by atoms with Crippen LogP contribution in [0.25, 0.3) is 0 Å². The van der Waals surface area contributed by atoms with Crippen molar-refractivity contribution in [3.8, 4) is 6.01 Å². The first kappa shape index (κ1) is 16.6. The zero-order valence-electron chi connectivity index (χ0n) is 13.3. The van der Waals surface area contributed by atoms with Crippen LogP contribution in [0.1, 0.15) is 18.7 Å². The second-order valence-corrected chi connectivity index (χ2v) is 7.14. The van der Waals surface area contributed by atoms with Crippen LogP contribution in [0.5, 0.6) is 6.01 Å². The van der Waals surface area contributed by atoms with Gasteiger partial charge in [-0.1, -0.05) is 18.2 Å². The second kappa shape index (κ2) is 7.10. The summed E-state index contributed by atoms with van der Waals surface area (Å²) in [6.45, 7) is 1.72. The number of benzene rings is 1. The molecule has 3 rings (SSSR count). The van der Waals surface area contributed by atoms with Gasteiger partial charge in [0, 0.05) is 13.1 Å². The van der Waals surface area contributed by atoms with Gasteiger partial charge in [-0.3, -0.25) is 0 Å². The summed E-state index contributed by atoms with van der Waals surface area (Å²) in [6, 6.07) is 8.36. The Morgan fingerprint density at radius 3 is 2.50 bits per heavy atom. The first-order valence-electron chi connectivity index (χ1n) is 7.67. The number of hydrogen-bond donors (Lipinski definition) is 1. The van der Waals surface area contributed by atoms with Gasteiger partial charge in [-0.25, -0.2) is 13.1 Å². The highest BCUT2D eigenvalue weighted by molar-refractivity contribution is 7.89. The van der Waals surface area contributed by atoms with Gasteiger partial charge in [0.2, 0.25) is 16.0 Å². The number of rotatable bonds is 6. The minimum Gasteiger partial charge on any atom is -0.467 e. The molecule has 1 N–H and O–H groups in total. The number of sulfonamides is 1. The van der Waals surface area contributed by atoms with Crippen LogP contribution < -0.4 is 14.4 Å². The van der Waals surface area contributed by atoms with Crippen molar-refractivity contribution < 1.29 is 13.2 Å². The van der Waals surface area contributed by atoms with Crippen molar-refractivity contribution in [3.63, 3.8) is 0 Å². The Bertz CT molecular complexity index is 792. The molecule has 0 amide bonds. The average molecular weight is 349 g/mol. The van der Waals surface area contributed by atoms with Crippen LogP contribution in [0.4, 0.5) is 5.95 Å². The predicted octanol–water partition coefficient (Wildman–Crippen LogP) is 0.959. The lowest BCUT2D eigenvalue weighted by molar-refractivity contribution is 0.375. The number of nitrogens with zero attached hydrogens (tertiary/aromatic N) is 4. The molecule has 1 aromatic heterocycles. The highest BCUT2D eigenvalue weighted by atomic mass is 32.2. The molecule has 9 heteroatoms. The van der Waals surface area contributed by atoms with E-state index in [4.69, 9.17) is 4.74 Å². The second-order valence-electron chi connectivity index (χ2n) is 5.37. The van der Waals surface area contributed by atoms with E-state index < -0.39 is 10.0 Å². The summed E-state index contributed by atoms with van der Waals surface area (Å²) in [5.74, 6) is 0.844. The standard InChI is InChI=1S/C15H19N5O3S/c1-23-15-18-13(17-14(19-15)20-9-5-6-10-20)11-16-24(21,22)12-7-3-2-4-8-12/h2-4,7-8,16H,5-6,9-11H2,1H3. The third-order valence-electron chi connectivity index (χ3n) is 3.69. The molecule has 0 atom stereocenters. The SMILES string of the molecule is COc1nc(CNS(=O)(=O)c2ccccc2)nc(N2CCCC2)n1. The summed E-state index contributed by atoms with van der Waals surface area (Å²) in [6.07, 6.45) is 2.17. The van der Waals surface area contributed by atoms with E-state index in [-0.39, 0.29) is 17.5 Å². The van der Waals surface area contributed by atoms with Crippen LogP contribution in [0.3, 0.4) is 0 Å². The topological polar surface area (TPSA) is 97.3 Å². The number of nitrogens with one attached hydrogen (secondary N) is 1. The number of methoxy groups -OCH3 is 1. The van der Waals surface area contributed by atoms with Crippen molar-refractivity contribution >= 4 is 16.0 Å². The Balaban J connectivity index is 1.78. The van der Waals surface area contributed by atoms with Gasteiger partial charge in [0.1, 0.15) is 0 Å². The van der Waals surface area contributed by atoms with E-state index in [2.05, 4.69) is 19.7 Å². The van der Waals surface area contributed by atoms with Crippen molar-refractivity contribution in [1.82, 2.24) is 19.7 Å². The van der Waals surface area contributed by atoms with Crippen LogP contribution in [0.15, 0.2) is 35.2 Å². The summed E-state index contributed by atoms with van der Waals surface area (Å²) >= 11 is 0. The molecular weight excluding hydrogens is 330 g/mol. The molecule has 1 saturated heterocycles. The molecule has 1 aliphatic heterocycles. The van der Waals surface area contributed by atoms with Gasteiger partial charge >= 0.3 is 6.01 Å². The van der Waals surface area contributed by atoms with Gasteiger partial charge in [0.05, 0.1) is 18.6 Å². The number of aromatic nitrogens is 3. The summed E-state index contributed by atoms with van der Waals surface area (Å²) < 4.78 is 32.2. The fraction of sp³-hybridized carbons (Fsp3) is 0.400. The van der Waals surface area contributed by atoms with Gasteiger partial charge in [-0.05, 0) is 25.0 Å². The third-order valence-corrected chi connectivity index (χ3v) is 5.11. The molecule has 1 aromatic carbocycles. The number of hydrogen-bond acceptors (Lipinski definition) is 7. The van der Waals surface area contributed by atoms with Gasteiger partial charge in [0.15, 0.2) is 5.82 Å². The molecular formula is C15H19N5O3S. The Morgan fingerprint density at radius 1 is 1.12 bits per heavy atom. The third kappa shape index (κ3) is 3.80. The highest BCUT2D eigenvalue weighted by Gasteiger charge is 2.19. The van der Waals surface area contributed by atoms with Gasteiger partial charge in [-0.15, -0.1) is 0 Å². The minimum atomic E-state index is -3.61. The maximum atomic E-state index is 12.3. The number of anilines is 1. The molecule has 128 valence electrons. The fourth-order valence-electron chi connectivity index (χ4n) is 2.46. The quantitative estimate of drug-likeness (QED) is 0.829. The zero-order valence-corrected chi connectivity index (χ0v) is 14.2. The van der Waals surface area contributed by atoms with Gasteiger partial charge in [0.25, 0.3) is 0 Å².